The van der Waals surface area contributed by atoms with E-state index in [1.165, 1.54) is 0 Å². The Morgan fingerprint density at radius 3 is 2.95 bits per heavy atom. The molecule has 2 aromatic rings. The number of H-pyrrole nitrogens is 1. The number of amides is 1. The van der Waals surface area contributed by atoms with Crippen LogP contribution in [0.3, 0.4) is 0 Å². The van der Waals surface area contributed by atoms with Crippen molar-refractivity contribution in [3.05, 3.63) is 36.0 Å². The molecule has 1 aliphatic heterocycles. The molecule has 1 aromatic carbocycles. The van der Waals surface area contributed by atoms with Crippen molar-refractivity contribution in [2.75, 3.05) is 6.54 Å². The van der Waals surface area contributed by atoms with Gasteiger partial charge in [0, 0.05) is 29.2 Å². The summed E-state index contributed by atoms with van der Waals surface area (Å²) in [6, 6.07) is 7.53. The van der Waals surface area contributed by atoms with Gasteiger partial charge in [0.1, 0.15) is 0 Å². The molecule has 3 rings (SSSR count). The van der Waals surface area contributed by atoms with Crippen LogP contribution in [0.25, 0.3) is 10.9 Å². The number of aromatic amines is 1. The van der Waals surface area contributed by atoms with Crippen molar-refractivity contribution in [2.24, 2.45) is 0 Å². The maximum Gasteiger partial charge on any atom is 0.254 e. The van der Waals surface area contributed by atoms with Crippen LogP contribution < -0.4 is 0 Å². The number of carbonyl (C=O) groups is 1. The van der Waals surface area contributed by atoms with Crippen LogP contribution in [-0.2, 0) is 0 Å². The van der Waals surface area contributed by atoms with Crippen molar-refractivity contribution in [2.45, 2.75) is 38.3 Å². The van der Waals surface area contributed by atoms with Crippen LogP contribution in [0.5, 0.6) is 0 Å². The fourth-order valence-electron chi connectivity index (χ4n) is 3.17. The second-order valence-electron chi connectivity index (χ2n) is 6.05. The summed E-state index contributed by atoms with van der Waals surface area (Å²) in [7, 11) is 0. The lowest BCUT2D eigenvalue weighted by Gasteiger charge is -2.34. The molecule has 1 saturated heterocycles. The molecule has 0 spiro atoms. The second-order valence-corrected chi connectivity index (χ2v) is 6.05. The van der Waals surface area contributed by atoms with Crippen LogP contribution in [0.4, 0.5) is 0 Å². The van der Waals surface area contributed by atoms with Crippen LogP contribution in [0.1, 0.15) is 37.0 Å². The summed E-state index contributed by atoms with van der Waals surface area (Å²) < 4.78 is 0. The van der Waals surface area contributed by atoms with Gasteiger partial charge in [-0.05, 0) is 44.9 Å². The van der Waals surface area contributed by atoms with Crippen molar-refractivity contribution >= 4 is 16.8 Å². The number of carbonyl (C=O) groups excluding carboxylic acids is 1. The normalized spacial score (nSPS) is 19.8. The zero-order valence-electron chi connectivity index (χ0n) is 11.9. The van der Waals surface area contributed by atoms with Crippen LogP contribution in [0.15, 0.2) is 30.5 Å². The minimum absolute atomic E-state index is 0.0137. The summed E-state index contributed by atoms with van der Waals surface area (Å²) in [5.41, 5.74) is 0.813. The molecule has 1 unspecified atom stereocenters. The maximum absolute atomic E-state index is 12.8. The van der Waals surface area contributed by atoms with E-state index in [-0.39, 0.29) is 11.9 Å². The first kappa shape index (κ1) is 13.2. The first-order valence-electron chi connectivity index (χ1n) is 7.08. The Morgan fingerprint density at radius 1 is 1.40 bits per heavy atom. The lowest BCUT2D eigenvalue weighted by molar-refractivity contribution is 0.000410. The minimum atomic E-state index is -0.863. The summed E-state index contributed by atoms with van der Waals surface area (Å²) in [5, 5.41) is 11.2. The number of rotatable bonds is 2. The van der Waals surface area contributed by atoms with Crippen LogP contribution in [0, 0.1) is 0 Å². The summed E-state index contributed by atoms with van der Waals surface area (Å²) in [6.45, 7) is 4.27. The Hall–Kier alpha value is -1.81. The van der Waals surface area contributed by atoms with Gasteiger partial charge in [-0.3, -0.25) is 4.79 Å². The molecule has 2 heterocycles. The number of benzene rings is 1. The molecule has 20 heavy (non-hydrogen) atoms. The Labute approximate surface area is 118 Å². The molecule has 0 aliphatic carbocycles. The fraction of sp³-hybridized carbons (Fsp3) is 0.438. The van der Waals surface area contributed by atoms with Crippen LogP contribution in [-0.4, -0.2) is 39.1 Å². The molecule has 1 atom stereocenters. The van der Waals surface area contributed by atoms with Gasteiger partial charge in [-0.1, -0.05) is 6.07 Å². The minimum Gasteiger partial charge on any atom is -0.388 e. The van der Waals surface area contributed by atoms with Crippen molar-refractivity contribution in [1.82, 2.24) is 9.88 Å². The molecular formula is C16H20N2O2. The summed E-state index contributed by atoms with van der Waals surface area (Å²) in [6.07, 6.45) is 3.65. The smallest absolute Gasteiger partial charge is 0.254 e. The second kappa shape index (κ2) is 4.63. The molecule has 1 aliphatic rings. The van der Waals surface area contributed by atoms with Crippen molar-refractivity contribution in [3.63, 3.8) is 0 Å². The van der Waals surface area contributed by atoms with Gasteiger partial charge in [-0.2, -0.15) is 0 Å². The van der Waals surface area contributed by atoms with Gasteiger partial charge in [-0.15, -0.1) is 0 Å². The van der Waals surface area contributed by atoms with Gasteiger partial charge >= 0.3 is 0 Å². The molecule has 0 saturated carbocycles. The summed E-state index contributed by atoms with van der Waals surface area (Å²) >= 11 is 0. The monoisotopic (exact) mass is 272 g/mol. The predicted octanol–water partition coefficient (Wildman–Crippen LogP) is 2.54. The van der Waals surface area contributed by atoms with Crippen molar-refractivity contribution in [1.29, 1.82) is 0 Å². The number of hydrogen-bond acceptors (Lipinski definition) is 2. The van der Waals surface area contributed by atoms with E-state index in [0.717, 1.165) is 23.7 Å². The molecule has 0 bridgehead atoms. The summed E-state index contributed by atoms with van der Waals surface area (Å²) in [5.74, 6) is 0.0137. The van der Waals surface area contributed by atoms with E-state index in [0.29, 0.717) is 12.1 Å². The number of hydrogen-bond donors (Lipinski definition) is 2. The molecule has 1 amide bonds. The molecule has 1 aromatic heterocycles. The highest BCUT2D eigenvalue weighted by atomic mass is 16.3. The van der Waals surface area contributed by atoms with Gasteiger partial charge < -0.3 is 15.0 Å². The quantitative estimate of drug-likeness (QED) is 0.882. The number of nitrogens with zero attached hydrogens (tertiary/aromatic N) is 1. The molecule has 4 heteroatoms. The van der Waals surface area contributed by atoms with Gasteiger partial charge in [0.15, 0.2) is 0 Å². The Kier molecular flexibility index (Phi) is 3.05. The van der Waals surface area contributed by atoms with Crippen molar-refractivity contribution in [3.8, 4) is 0 Å². The molecular weight excluding hydrogens is 252 g/mol. The van der Waals surface area contributed by atoms with Gasteiger partial charge in [0.25, 0.3) is 5.91 Å². The van der Waals surface area contributed by atoms with Gasteiger partial charge in [0.2, 0.25) is 0 Å². The number of fused-ring (bicyclic) bond motifs is 1. The number of nitrogens with one attached hydrogen (secondary N) is 1. The topological polar surface area (TPSA) is 56.3 Å². The Balaban J connectivity index is 1.98. The summed E-state index contributed by atoms with van der Waals surface area (Å²) in [4.78, 5) is 17.8. The van der Waals surface area contributed by atoms with Crippen LogP contribution >= 0.6 is 0 Å². The van der Waals surface area contributed by atoms with E-state index in [4.69, 9.17) is 0 Å². The third kappa shape index (κ3) is 2.10. The Morgan fingerprint density at radius 2 is 2.20 bits per heavy atom. The average molecular weight is 272 g/mol. The first-order valence-corrected chi connectivity index (χ1v) is 7.08. The molecule has 1 fully saturated rings. The van der Waals surface area contributed by atoms with E-state index in [1.54, 1.807) is 13.8 Å². The average Bonchev–Trinajstić information content (AvgIpc) is 3.05. The highest BCUT2D eigenvalue weighted by Crippen LogP contribution is 2.29. The SMILES string of the molecule is CC(C)(O)C1CCCN1C(=O)c1cccc2[nH]ccc12. The van der Waals surface area contributed by atoms with Gasteiger partial charge in [-0.25, -0.2) is 0 Å². The largest absolute Gasteiger partial charge is 0.388 e. The number of aliphatic hydroxyl groups is 1. The highest BCUT2D eigenvalue weighted by Gasteiger charge is 2.38. The van der Waals surface area contributed by atoms with E-state index >= 15 is 0 Å². The zero-order valence-corrected chi connectivity index (χ0v) is 11.9. The maximum atomic E-state index is 12.8. The van der Waals surface area contributed by atoms with E-state index in [9.17, 15) is 9.90 Å². The number of aromatic nitrogens is 1. The van der Waals surface area contributed by atoms with E-state index in [2.05, 4.69) is 4.98 Å². The van der Waals surface area contributed by atoms with Gasteiger partial charge in [0.05, 0.1) is 11.6 Å². The third-order valence-corrected chi connectivity index (χ3v) is 4.15. The van der Waals surface area contributed by atoms with Crippen LogP contribution in [0.2, 0.25) is 0 Å². The highest BCUT2D eigenvalue weighted by molar-refractivity contribution is 6.06. The number of likely N-dealkylation sites (tertiary alicyclic amines) is 1. The Bertz CT molecular complexity index is 639. The lowest BCUT2D eigenvalue weighted by atomic mass is 9.96. The molecule has 2 N–H and O–H groups in total. The molecule has 0 radical (unpaired) electrons. The first-order chi connectivity index (χ1) is 9.48. The van der Waals surface area contributed by atoms with E-state index in [1.807, 2.05) is 35.4 Å². The van der Waals surface area contributed by atoms with Crippen molar-refractivity contribution < 1.29 is 9.90 Å². The third-order valence-electron chi connectivity index (χ3n) is 4.15. The predicted molar refractivity (Wildman–Crippen MR) is 78.7 cm³/mol. The fourth-order valence-corrected chi connectivity index (χ4v) is 3.17. The zero-order chi connectivity index (χ0) is 14.3. The standard InChI is InChI=1S/C16H20N2O2/c1-16(2,20)14-7-4-10-18(14)15(19)12-5-3-6-13-11(12)8-9-17-13/h3,5-6,8-9,14,17,20H,4,7,10H2,1-2H3. The molecule has 4 nitrogen and oxygen atoms in total. The van der Waals surface area contributed by atoms with E-state index < -0.39 is 5.60 Å². The molecule has 106 valence electrons. The lowest BCUT2D eigenvalue weighted by Crippen LogP contribution is -2.48.